The predicted octanol–water partition coefficient (Wildman–Crippen LogP) is 3.01. The maximum Gasteiger partial charge on any atom is 0.338 e. The third kappa shape index (κ3) is 5.48. The van der Waals surface area contributed by atoms with E-state index in [9.17, 15) is 19.5 Å². The summed E-state index contributed by atoms with van der Waals surface area (Å²) < 4.78 is 21.8. The van der Waals surface area contributed by atoms with E-state index in [0.717, 1.165) is 0 Å². The molecule has 8 heteroatoms. The molecular formula is C26H22O8. The van der Waals surface area contributed by atoms with E-state index >= 15 is 0 Å². The highest BCUT2D eigenvalue weighted by Crippen LogP contribution is 2.28. The van der Waals surface area contributed by atoms with Crippen LogP contribution in [0.2, 0.25) is 0 Å². The Morgan fingerprint density at radius 2 is 1.06 bits per heavy atom. The first-order valence-corrected chi connectivity index (χ1v) is 10.6. The zero-order valence-electron chi connectivity index (χ0n) is 18.0. The molecule has 4 rings (SSSR count). The number of aliphatic hydroxyl groups is 1. The molecule has 34 heavy (non-hydrogen) atoms. The fourth-order valence-electron chi connectivity index (χ4n) is 3.46. The number of aliphatic hydroxyl groups excluding tert-OH is 1. The molecule has 1 aliphatic rings. The lowest BCUT2D eigenvalue weighted by molar-refractivity contribution is -0.135. The summed E-state index contributed by atoms with van der Waals surface area (Å²) in [7, 11) is 0. The van der Waals surface area contributed by atoms with Crippen LogP contribution < -0.4 is 0 Å². The summed E-state index contributed by atoms with van der Waals surface area (Å²) in [5.41, 5.74) is 0.838. The van der Waals surface area contributed by atoms with Crippen molar-refractivity contribution in [3.8, 4) is 0 Å². The number of rotatable bonds is 7. The molecule has 1 saturated heterocycles. The van der Waals surface area contributed by atoms with Crippen molar-refractivity contribution in [1.29, 1.82) is 0 Å². The molecule has 1 heterocycles. The molecule has 174 valence electrons. The first kappa shape index (κ1) is 23.2. The van der Waals surface area contributed by atoms with Gasteiger partial charge in [0.2, 0.25) is 0 Å². The Kier molecular flexibility index (Phi) is 7.31. The molecule has 1 fully saturated rings. The number of hydrogen-bond donors (Lipinski definition) is 1. The van der Waals surface area contributed by atoms with E-state index in [2.05, 4.69) is 0 Å². The largest absolute Gasteiger partial charge is 0.459 e. The van der Waals surface area contributed by atoms with Crippen molar-refractivity contribution >= 4 is 17.9 Å². The Morgan fingerprint density at radius 3 is 1.53 bits per heavy atom. The molecule has 3 aromatic rings. The van der Waals surface area contributed by atoms with Gasteiger partial charge in [-0.25, -0.2) is 14.4 Å². The SMILES string of the molecule is O=C(OC[C@H]1OC(O)C(OC(=O)c2ccccc2)C1OC(=O)c1ccccc1)c1ccccc1. The molecule has 0 radical (unpaired) electrons. The summed E-state index contributed by atoms with van der Waals surface area (Å²) in [6, 6.07) is 24.7. The van der Waals surface area contributed by atoms with Crippen molar-refractivity contribution in [2.45, 2.75) is 24.6 Å². The molecule has 1 N–H and O–H groups in total. The predicted molar refractivity (Wildman–Crippen MR) is 119 cm³/mol. The molecule has 0 spiro atoms. The smallest absolute Gasteiger partial charge is 0.338 e. The van der Waals surface area contributed by atoms with Gasteiger partial charge in [0.05, 0.1) is 16.7 Å². The normalized spacial score (nSPS) is 21.4. The number of carbonyl (C=O) groups is 3. The summed E-state index contributed by atoms with van der Waals surface area (Å²) in [4.78, 5) is 37.6. The lowest BCUT2D eigenvalue weighted by Gasteiger charge is -2.23. The Balaban J connectivity index is 1.51. The van der Waals surface area contributed by atoms with Gasteiger partial charge in [-0.15, -0.1) is 0 Å². The minimum Gasteiger partial charge on any atom is -0.459 e. The van der Waals surface area contributed by atoms with Gasteiger partial charge in [0.15, 0.2) is 18.5 Å². The van der Waals surface area contributed by atoms with Gasteiger partial charge >= 0.3 is 17.9 Å². The van der Waals surface area contributed by atoms with Crippen LogP contribution in [0.15, 0.2) is 91.0 Å². The number of carbonyl (C=O) groups excluding carboxylic acids is 3. The quantitative estimate of drug-likeness (QED) is 0.422. The lowest BCUT2D eigenvalue weighted by Crippen LogP contribution is -2.42. The van der Waals surface area contributed by atoms with Crippen LogP contribution in [-0.4, -0.2) is 54.2 Å². The van der Waals surface area contributed by atoms with Crippen molar-refractivity contribution in [3.63, 3.8) is 0 Å². The van der Waals surface area contributed by atoms with E-state index in [4.69, 9.17) is 18.9 Å². The van der Waals surface area contributed by atoms with Crippen LogP contribution in [0, 0.1) is 0 Å². The summed E-state index contributed by atoms with van der Waals surface area (Å²) in [6.07, 6.45) is -5.22. The average molecular weight is 462 g/mol. The Bertz CT molecular complexity index is 1120. The molecule has 4 atom stereocenters. The van der Waals surface area contributed by atoms with E-state index in [-0.39, 0.29) is 17.7 Å². The van der Waals surface area contributed by atoms with Crippen LogP contribution in [0.5, 0.6) is 0 Å². The number of esters is 3. The van der Waals surface area contributed by atoms with Gasteiger partial charge in [0.1, 0.15) is 12.7 Å². The maximum absolute atomic E-state index is 12.7. The van der Waals surface area contributed by atoms with Gasteiger partial charge < -0.3 is 24.1 Å². The van der Waals surface area contributed by atoms with Crippen LogP contribution in [0.25, 0.3) is 0 Å². The Morgan fingerprint density at radius 1 is 0.647 bits per heavy atom. The fourth-order valence-corrected chi connectivity index (χ4v) is 3.46. The molecule has 3 unspecified atom stereocenters. The van der Waals surface area contributed by atoms with Gasteiger partial charge in [-0.3, -0.25) is 0 Å². The minimum atomic E-state index is -1.60. The second kappa shape index (κ2) is 10.7. The number of hydrogen-bond acceptors (Lipinski definition) is 8. The molecular weight excluding hydrogens is 440 g/mol. The van der Waals surface area contributed by atoms with E-state index in [0.29, 0.717) is 5.56 Å². The van der Waals surface area contributed by atoms with Gasteiger partial charge in [0.25, 0.3) is 0 Å². The molecule has 0 aliphatic carbocycles. The molecule has 0 saturated carbocycles. The van der Waals surface area contributed by atoms with Gasteiger partial charge in [-0.1, -0.05) is 54.6 Å². The minimum absolute atomic E-state index is 0.252. The van der Waals surface area contributed by atoms with E-state index in [1.54, 1.807) is 91.0 Å². The average Bonchev–Trinajstić information content (AvgIpc) is 3.17. The molecule has 3 aromatic carbocycles. The van der Waals surface area contributed by atoms with E-state index in [1.807, 2.05) is 0 Å². The van der Waals surface area contributed by atoms with Gasteiger partial charge in [-0.05, 0) is 36.4 Å². The molecule has 8 nitrogen and oxygen atoms in total. The van der Waals surface area contributed by atoms with Crippen molar-refractivity contribution in [3.05, 3.63) is 108 Å². The van der Waals surface area contributed by atoms with Gasteiger partial charge in [-0.2, -0.15) is 0 Å². The van der Waals surface area contributed by atoms with Crippen LogP contribution in [-0.2, 0) is 18.9 Å². The third-order valence-electron chi connectivity index (χ3n) is 5.18. The van der Waals surface area contributed by atoms with Crippen molar-refractivity contribution in [2.24, 2.45) is 0 Å². The first-order valence-electron chi connectivity index (χ1n) is 10.6. The zero-order valence-corrected chi connectivity index (χ0v) is 18.0. The second-order valence-electron chi connectivity index (χ2n) is 7.50. The van der Waals surface area contributed by atoms with Crippen LogP contribution in [0.1, 0.15) is 31.1 Å². The summed E-state index contributed by atoms with van der Waals surface area (Å²) in [6.45, 7) is -0.336. The Labute approximate surface area is 195 Å². The lowest BCUT2D eigenvalue weighted by atomic mass is 10.1. The van der Waals surface area contributed by atoms with Gasteiger partial charge in [0, 0.05) is 0 Å². The second-order valence-corrected chi connectivity index (χ2v) is 7.50. The monoisotopic (exact) mass is 462 g/mol. The number of benzene rings is 3. The highest BCUT2D eigenvalue weighted by Gasteiger charge is 2.50. The zero-order chi connectivity index (χ0) is 23.9. The summed E-state index contributed by atoms with van der Waals surface area (Å²) in [5.74, 6) is -2.05. The molecule has 0 aromatic heterocycles. The molecule has 1 aliphatic heterocycles. The highest BCUT2D eigenvalue weighted by atomic mass is 16.7. The molecule has 0 bridgehead atoms. The van der Waals surface area contributed by atoms with Crippen LogP contribution in [0.4, 0.5) is 0 Å². The van der Waals surface area contributed by atoms with Crippen LogP contribution >= 0.6 is 0 Å². The van der Waals surface area contributed by atoms with E-state index < -0.39 is 42.5 Å². The fraction of sp³-hybridized carbons (Fsp3) is 0.192. The van der Waals surface area contributed by atoms with E-state index in [1.165, 1.54) is 0 Å². The van der Waals surface area contributed by atoms with Crippen molar-refractivity contribution < 1.29 is 38.4 Å². The third-order valence-corrected chi connectivity index (χ3v) is 5.18. The Hall–Kier alpha value is -4.01. The maximum atomic E-state index is 12.7. The van der Waals surface area contributed by atoms with Crippen molar-refractivity contribution in [1.82, 2.24) is 0 Å². The standard InChI is InChI=1S/C26H22O8/c27-23(17-10-4-1-5-11-17)31-16-20-21(33-24(28)18-12-6-2-7-13-18)22(26(30)32-20)34-25(29)19-14-8-3-9-15-19/h1-15,20-22,26,30H,16H2/t20-,21?,22?,26?/m1/s1. The topological polar surface area (TPSA) is 108 Å². The highest BCUT2D eigenvalue weighted by molar-refractivity contribution is 5.90. The number of ether oxygens (including phenoxy) is 4. The van der Waals surface area contributed by atoms with Crippen LogP contribution in [0.3, 0.4) is 0 Å². The molecule has 0 amide bonds. The summed E-state index contributed by atoms with van der Waals surface area (Å²) in [5, 5.41) is 10.5. The van der Waals surface area contributed by atoms with Crippen molar-refractivity contribution in [2.75, 3.05) is 6.61 Å². The summed E-state index contributed by atoms with van der Waals surface area (Å²) >= 11 is 0. The first-order chi connectivity index (χ1) is 16.5.